The van der Waals surface area contributed by atoms with Crippen LogP contribution in [0.4, 0.5) is 11.4 Å². The van der Waals surface area contributed by atoms with Crippen molar-refractivity contribution in [1.29, 1.82) is 0 Å². The number of thioether (sulfide) groups is 1. The Balaban J connectivity index is 1.69. The van der Waals surface area contributed by atoms with E-state index in [9.17, 15) is 18.0 Å². The fourth-order valence-corrected chi connectivity index (χ4v) is 5.50. The number of anilines is 2. The minimum Gasteiger partial charge on any atom is -0.325 e. The molecular weight excluding hydrogens is 432 g/mol. The number of nitrogens with one attached hydrogen (secondary N) is 2. The third kappa shape index (κ3) is 5.52. The normalized spacial score (nSPS) is 16.5. The van der Waals surface area contributed by atoms with Crippen molar-refractivity contribution in [3.63, 3.8) is 0 Å². The van der Waals surface area contributed by atoms with Gasteiger partial charge in [0.05, 0.1) is 27.0 Å². The van der Waals surface area contributed by atoms with Crippen molar-refractivity contribution >= 4 is 56.4 Å². The van der Waals surface area contributed by atoms with Crippen LogP contribution in [-0.2, 0) is 19.4 Å². The van der Waals surface area contributed by atoms with E-state index in [4.69, 9.17) is 11.6 Å². The molecule has 2 amide bonds. The monoisotopic (exact) mass is 452 g/mol. The molecule has 1 aliphatic heterocycles. The quantitative estimate of drug-likeness (QED) is 0.706. The van der Waals surface area contributed by atoms with Gasteiger partial charge in [0.15, 0.2) is 9.84 Å². The lowest BCUT2D eigenvalue weighted by Gasteiger charge is -2.11. The lowest BCUT2D eigenvalue weighted by molar-refractivity contribution is -0.116. The standard InChI is InChI=1S/C20H21ClN2O4S2/c1-12-3-5-16(15(21)9-12)22-19(24)7-8-29(26,27)14-4-6-18-17(11-14)23-20(25)10-13(2)28-18/h3-6,9,11,13H,7-8,10H2,1-2H3,(H,22,24)(H,23,25)/t13-/m1/s1. The zero-order valence-corrected chi connectivity index (χ0v) is 18.4. The van der Waals surface area contributed by atoms with Crippen LogP contribution in [0.15, 0.2) is 46.2 Å². The molecule has 2 aromatic carbocycles. The fourth-order valence-electron chi connectivity index (χ4n) is 2.90. The summed E-state index contributed by atoms with van der Waals surface area (Å²) in [6.45, 7) is 3.83. The summed E-state index contributed by atoms with van der Waals surface area (Å²) in [5, 5.41) is 5.90. The van der Waals surface area contributed by atoms with Crippen LogP contribution < -0.4 is 10.6 Å². The average molecular weight is 453 g/mol. The molecule has 1 atom stereocenters. The van der Waals surface area contributed by atoms with Crippen molar-refractivity contribution in [1.82, 2.24) is 0 Å². The molecule has 2 N–H and O–H groups in total. The maximum atomic E-state index is 12.7. The van der Waals surface area contributed by atoms with E-state index in [1.807, 2.05) is 13.8 Å². The zero-order chi connectivity index (χ0) is 21.2. The number of rotatable bonds is 5. The summed E-state index contributed by atoms with van der Waals surface area (Å²) in [6, 6.07) is 9.87. The SMILES string of the molecule is Cc1ccc(NC(=O)CCS(=O)(=O)c2ccc3c(c2)NC(=O)C[C@@H](C)S3)c(Cl)c1. The number of aryl methyl sites for hydroxylation is 1. The maximum absolute atomic E-state index is 12.7. The third-order valence-electron chi connectivity index (χ3n) is 4.38. The highest BCUT2D eigenvalue weighted by atomic mass is 35.5. The van der Waals surface area contributed by atoms with E-state index in [1.54, 1.807) is 24.3 Å². The second-order valence-electron chi connectivity index (χ2n) is 6.94. The zero-order valence-electron chi connectivity index (χ0n) is 16.0. The number of hydrogen-bond donors (Lipinski definition) is 2. The van der Waals surface area contributed by atoms with Crippen LogP contribution in [0.3, 0.4) is 0 Å². The number of fused-ring (bicyclic) bond motifs is 1. The van der Waals surface area contributed by atoms with Gasteiger partial charge in [0.2, 0.25) is 11.8 Å². The molecule has 0 aromatic heterocycles. The summed E-state index contributed by atoms with van der Waals surface area (Å²) in [7, 11) is -3.70. The first-order valence-electron chi connectivity index (χ1n) is 9.03. The second-order valence-corrected chi connectivity index (χ2v) is 10.9. The first-order valence-corrected chi connectivity index (χ1v) is 11.9. The summed E-state index contributed by atoms with van der Waals surface area (Å²) in [6.07, 6.45) is 0.158. The molecule has 0 bridgehead atoms. The van der Waals surface area contributed by atoms with Crippen molar-refractivity contribution in [2.75, 3.05) is 16.4 Å². The number of amides is 2. The minimum absolute atomic E-state index is 0.0767. The average Bonchev–Trinajstić information content (AvgIpc) is 2.78. The number of carbonyl (C=O) groups is 2. The molecule has 0 spiro atoms. The Morgan fingerprint density at radius 2 is 2.03 bits per heavy atom. The Kier molecular flexibility index (Phi) is 6.55. The Labute approximate surface area is 179 Å². The van der Waals surface area contributed by atoms with Gasteiger partial charge in [0.25, 0.3) is 0 Å². The van der Waals surface area contributed by atoms with Crippen LogP contribution in [0.2, 0.25) is 5.02 Å². The van der Waals surface area contributed by atoms with E-state index < -0.39 is 15.7 Å². The Morgan fingerprint density at radius 1 is 1.28 bits per heavy atom. The van der Waals surface area contributed by atoms with E-state index in [2.05, 4.69) is 10.6 Å². The highest BCUT2D eigenvalue weighted by Crippen LogP contribution is 2.36. The van der Waals surface area contributed by atoms with Crippen LogP contribution >= 0.6 is 23.4 Å². The van der Waals surface area contributed by atoms with E-state index >= 15 is 0 Å². The summed E-state index contributed by atoms with van der Waals surface area (Å²) in [4.78, 5) is 25.0. The van der Waals surface area contributed by atoms with Crippen LogP contribution in [0.25, 0.3) is 0 Å². The van der Waals surface area contributed by atoms with Crippen LogP contribution in [0.1, 0.15) is 25.3 Å². The van der Waals surface area contributed by atoms with Crippen molar-refractivity contribution in [3.05, 3.63) is 47.0 Å². The first-order chi connectivity index (χ1) is 13.6. The molecule has 0 aliphatic carbocycles. The van der Waals surface area contributed by atoms with E-state index in [0.29, 0.717) is 22.8 Å². The molecule has 9 heteroatoms. The van der Waals surface area contributed by atoms with Crippen molar-refractivity contribution < 1.29 is 18.0 Å². The van der Waals surface area contributed by atoms with Crippen LogP contribution in [0, 0.1) is 6.92 Å². The highest BCUT2D eigenvalue weighted by molar-refractivity contribution is 8.00. The van der Waals surface area contributed by atoms with Gasteiger partial charge in [0.1, 0.15) is 0 Å². The Hall–Kier alpha value is -2.03. The molecule has 0 unspecified atom stereocenters. The molecule has 2 aromatic rings. The first kappa shape index (κ1) is 21.7. The molecule has 1 aliphatic rings. The number of hydrogen-bond acceptors (Lipinski definition) is 5. The summed E-state index contributed by atoms with van der Waals surface area (Å²) in [5.74, 6) is -0.932. The van der Waals surface area contributed by atoms with Gasteiger partial charge in [-0.2, -0.15) is 0 Å². The number of carbonyl (C=O) groups excluding carboxylic acids is 2. The third-order valence-corrected chi connectivity index (χ3v) is 7.59. The highest BCUT2D eigenvalue weighted by Gasteiger charge is 2.23. The van der Waals surface area contributed by atoms with Crippen molar-refractivity contribution in [2.45, 2.75) is 41.7 Å². The van der Waals surface area contributed by atoms with Crippen molar-refractivity contribution in [2.24, 2.45) is 0 Å². The molecule has 1 heterocycles. The van der Waals surface area contributed by atoms with Crippen LogP contribution in [-0.4, -0.2) is 31.2 Å². The van der Waals surface area contributed by atoms with Crippen molar-refractivity contribution in [3.8, 4) is 0 Å². The van der Waals surface area contributed by atoms with E-state index in [0.717, 1.165) is 10.5 Å². The summed E-state index contributed by atoms with van der Waals surface area (Å²) < 4.78 is 25.4. The molecule has 0 saturated heterocycles. The largest absolute Gasteiger partial charge is 0.325 e. The molecule has 29 heavy (non-hydrogen) atoms. The molecule has 154 valence electrons. The number of halogens is 1. The summed E-state index contributed by atoms with van der Waals surface area (Å²) >= 11 is 7.62. The van der Waals surface area contributed by atoms with Gasteiger partial charge < -0.3 is 10.6 Å². The van der Waals surface area contributed by atoms with Gasteiger partial charge in [-0.05, 0) is 42.8 Å². The smallest absolute Gasteiger partial charge is 0.225 e. The molecule has 3 rings (SSSR count). The maximum Gasteiger partial charge on any atom is 0.225 e. The lowest BCUT2D eigenvalue weighted by Crippen LogP contribution is -2.18. The van der Waals surface area contributed by atoms with Crippen LogP contribution in [0.5, 0.6) is 0 Å². The predicted molar refractivity (Wildman–Crippen MR) is 116 cm³/mol. The number of sulfone groups is 1. The lowest BCUT2D eigenvalue weighted by atomic mass is 10.2. The topological polar surface area (TPSA) is 92.3 Å². The minimum atomic E-state index is -3.70. The van der Waals surface area contributed by atoms with Gasteiger partial charge >= 0.3 is 0 Å². The van der Waals surface area contributed by atoms with Gasteiger partial charge in [-0.25, -0.2) is 8.42 Å². The predicted octanol–water partition coefficient (Wildman–Crippen LogP) is 4.27. The van der Waals surface area contributed by atoms with Gasteiger partial charge in [-0.15, -0.1) is 11.8 Å². The number of benzene rings is 2. The molecule has 0 fully saturated rings. The second kappa shape index (κ2) is 8.77. The fraction of sp³-hybridized carbons (Fsp3) is 0.300. The van der Waals surface area contributed by atoms with E-state index in [1.165, 1.54) is 23.9 Å². The molecule has 0 radical (unpaired) electrons. The Bertz CT molecular complexity index is 1070. The van der Waals surface area contributed by atoms with Gasteiger partial charge in [0, 0.05) is 23.0 Å². The van der Waals surface area contributed by atoms with Gasteiger partial charge in [-0.3, -0.25) is 9.59 Å². The molecule has 6 nitrogen and oxygen atoms in total. The summed E-state index contributed by atoms with van der Waals surface area (Å²) in [5.41, 5.74) is 1.89. The molecular formula is C20H21ClN2O4S2. The van der Waals surface area contributed by atoms with Gasteiger partial charge in [-0.1, -0.05) is 24.6 Å². The Morgan fingerprint density at radius 3 is 2.76 bits per heavy atom. The molecule has 0 saturated carbocycles. The van der Waals surface area contributed by atoms with E-state index in [-0.39, 0.29) is 28.2 Å².